The molecule has 24 heavy (non-hydrogen) atoms. The Kier molecular flexibility index (Phi) is 4.64. The fourth-order valence-corrected chi connectivity index (χ4v) is 2.19. The Morgan fingerprint density at radius 1 is 1.21 bits per heavy atom. The number of nitrogens with one attached hydrogen (secondary N) is 2. The maximum Gasteiger partial charge on any atom is 0.260 e. The zero-order valence-corrected chi connectivity index (χ0v) is 13.9. The summed E-state index contributed by atoms with van der Waals surface area (Å²) in [6.45, 7) is 1.73. The topological polar surface area (TPSA) is 92.9 Å². The van der Waals surface area contributed by atoms with Gasteiger partial charge < -0.3 is 15.2 Å². The SMILES string of the molecule is Cc1cc(NC(=O)c2cnc(Nc3cccc(Cl)c3Cl)nc2)no1. The molecule has 9 heteroatoms. The number of anilines is 3. The maximum atomic E-state index is 12.1. The van der Waals surface area contributed by atoms with Crippen LogP contribution < -0.4 is 10.6 Å². The second-order valence-corrected chi connectivity index (χ2v) is 5.58. The lowest BCUT2D eigenvalue weighted by Crippen LogP contribution is -2.13. The lowest BCUT2D eigenvalue weighted by atomic mass is 10.3. The van der Waals surface area contributed by atoms with E-state index in [0.29, 0.717) is 27.3 Å². The third-order valence-corrected chi connectivity index (χ3v) is 3.80. The molecule has 0 saturated heterocycles. The number of halogens is 2. The molecular weight excluding hydrogens is 353 g/mol. The summed E-state index contributed by atoms with van der Waals surface area (Å²) in [5, 5.41) is 9.99. The number of nitrogens with zero attached hydrogens (tertiary/aromatic N) is 3. The molecule has 1 aromatic carbocycles. The van der Waals surface area contributed by atoms with Gasteiger partial charge in [-0.2, -0.15) is 0 Å². The first-order chi connectivity index (χ1) is 11.5. The molecule has 0 bridgehead atoms. The molecule has 2 heterocycles. The monoisotopic (exact) mass is 363 g/mol. The van der Waals surface area contributed by atoms with Gasteiger partial charge in [0, 0.05) is 18.5 Å². The van der Waals surface area contributed by atoms with Gasteiger partial charge in [-0.25, -0.2) is 9.97 Å². The van der Waals surface area contributed by atoms with Crippen molar-refractivity contribution in [3.63, 3.8) is 0 Å². The third kappa shape index (κ3) is 3.64. The molecule has 0 saturated carbocycles. The van der Waals surface area contributed by atoms with E-state index in [1.54, 1.807) is 31.2 Å². The number of amides is 1. The number of aromatic nitrogens is 3. The highest BCUT2D eigenvalue weighted by atomic mass is 35.5. The van der Waals surface area contributed by atoms with Crippen LogP contribution in [0.2, 0.25) is 10.0 Å². The molecule has 2 N–H and O–H groups in total. The summed E-state index contributed by atoms with van der Waals surface area (Å²) in [5.41, 5.74) is 0.845. The highest BCUT2D eigenvalue weighted by molar-refractivity contribution is 6.43. The van der Waals surface area contributed by atoms with E-state index >= 15 is 0 Å². The van der Waals surface area contributed by atoms with Crippen LogP contribution in [0.4, 0.5) is 17.5 Å². The Morgan fingerprint density at radius 2 is 1.96 bits per heavy atom. The molecule has 0 aliphatic carbocycles. The zero-order chi connectivity index (χ0) is 17.1. The van der Waals surface area contributed by atoms with Crippen molar-refractivity contribution in [2.24, 2.45) is 0 Å². The van der Waals surface area contributed by atoms with Crippen molar-refractivity contribution >= 4 is 46.6 Å². The van der Waals surface area contributed by atoms with Gasteiger partial charge in [0.25, 0.3) is 5.91 Å². The van der Waals surface area contributed by atoms with E-state index in [4.69, 9.17) is 27.7 Å². The van der Waals surface area contributed by atoms with Crippen molar-refractivity contribution in [3.05, 3.63) is 58.0 Å². The molecule has 7 nitrogen and oxygen atoms in total. The average molecular weight is 364 g/mol. The molecule has 0 aliphatic rings. The van der Waals surface area contributed by atoms with Crippen LogP contribution in [-0.4, -0.2) is 21.0 Å². The normalized spacial score (nSPS) is 10.5. The van der Waals surface area contributed by atoms with E-state index in [1.807, 2.05) is 0 Å². The van der Waals surface area contributed by atoms with Gasteiger partial charge in [-0.05, 0) is 19.1 Å². The van der Waals surface area contributed by atoms with E-state index < -0.39 is 5.91 Å². The van der Waals surface area contributed by atoms with Crippen molar-refractivity contribution in [3.8, 4) is 0 Å². The Morgan fingerprint density at radius 3 is 2.62 bits per heavy atom. The molecule has 1 amide bonds. The number of carbonyl (C=O) groups is 1. The van der Waals surface area contributed by atoms with Crippen LogP contribution in [0.1, 0.15) is 16.1 Å². The van der Waals surface area contributed by atoms with Crippen LogP contribution in [0.5, 0.6) is 0 Å². The summed E-state index contributed by atoms with van der Waals surface area (Å²) in [6, 6.07) is 6.77. The first-order valence-corrected chi connectivity index (χ1v) is 7.56. The summed E-state index contributed by atoms with van der Waals surface area (Å²) in [6.07, 6.45) is 2.77. The highest BCUT2D eigenvalue weighted by Crippen LogP contribution is 2.30. The van der Waals surface area contributed by atoms with E-state index in [1.165, 1.54) is 12.4 Å². The first kappa shape index (κ1) is 16.2. The van der Waals surface area contributed by atoms with E-state index in [2.05, 4.69) is 25.8 Å². The Balaban J connectivity index is 1.71. The molecule has 122 valence electrons. The standard InChI is InChI=1S/C15H11Cl2N5O2/c1-8-5-12(22-24-8)21-14(23)9-6-18-15(19-7-9)20-11-4-2-3-10(16)13(11)17/h2-7H,1H3,(H,18,19,20)(H,21,22,23). The second-order valence-electron chi connectivity index (χ2n) is 4.80. The number of rotatable bonds is 4. The maximum absolute atomic E-state index is 12.1. The van der Waals surface area contributed by atoms with Crippen LogP contribution in [0.25, 0.3) is 0 Å². The number of aryl methyl sites for hydroxylation is 1. The lowest BCUT2D eigenvalue weighted by molar-refractivity contribution is 0.102. The summed E-state index contributed by atoms with van der Waals surface area (Å²) in [4.78, 5) is 20.2. The largest absolute Gasteiger partial charge is 0.360 e. The van der Waals surface area contributed by atoms with Crippen molar-refractivity contribution in [2.45, 2.75) is 6.92 Å². The van der Waals surface area contributed by atoms with Gasteiger partial charge in [0.1, 0.15) is 5.76 Å². The quantitative estimate of drug-likeness (QED) is 0.725. The van der Waals surface area contributed by atoms with Crippen LogP contribution in [-0.2, 0) is 0 Å². The molecule has 3 rings (SSSR count). The van der Waals surface area contributed by atoms with Crippen LogP contribution in [0.3, 0.4) is 0 Å². The van der Waals surface area contributed by atoms with Gasteiger partial charge >= 0.3 is 0 Å². The molecule has 2 aromatic heterocycles. The molecule has 0 fully saturated rings. The summed E-state index contributed by atoms with van der Waals surface area (Å²) in [7, 11) is 0. The fourth-order valence-electron chi connectivity index (χ4n) is 1.84. The predicted octanol–water partition coefficient (Wildman–Crippen LogP) is 4.08. The van der Waals surface area contributed by atoms with Crippen molar-refractivity contribution in [1.29, 1.82) is 0 Å². The van der Waals surface area contributed by atoms with Crippen LogP contribution >= 0.6 is 23.2 Å². The van der Waals surface area contributed by atoms with Gasteiger partial charge in [0.15, 0.2) is 5.82 Å². The van der Waals surface area contributed by atoms with E-state index in [0.717, 1.165) is 0 Å². The number of carbonyl (C=O) groups excluding carboxylic acids is 1. The molecule has 0 radical (unpaired) electrons. The second kappa shape index (κ2) is 6.86. The van der Waals surface area contributed by atoms with E-state index in [-0.39, 0.29) is 11.5 Å². The van der Waals surface area contributed by atoms with E-state index in [9.17, 15) is 4.79 Å². The molecular formula is C15H11Cl2N5O2. The smallest absolute Gasteiger partial charge is 0.260 e. The number of hydrogen-bond acceptors (Lipinski definition) is 6. The van der Waals surface area contributed by atoms with Gasteiger partial charge in [-0.1, -0.05) is 34.4 Å². The minimum Gasteiger partial charge on any atom is -0.360 e. The molecule has 0 unspecified atom stereocenters. The lowest BCUT2D eigenvalue weighted by Gasteiger charge is -2.08. The highest BCUT2D eigenvalue weighted by Gasteiger charge is 2.11. The number of benzene rings is 1. The van der Waals surface area contributed by atoms with Crippen molar-refractivity contribution in [1.82, 2.24) is 15.1 Å². The van der Waals surface area contributed by atoms with Gasteiger partial charge in [-0.3, -0.25) is 4.79 Å². The Bertz CT molecular complexity index is 880. The van der Waals surface area contributed by atoms with Crippen LogP contribution in [0.15, 0.2) is 41.2 Å². The molecule has 0 spiro atoms. The summed E-state index contributed by atoms with van der Waals surface area (Å²) in [5.74, 6) is 0.813. The van der Waals surface area contributed by atoms with Gasteiger partial charge in [-0.15, -0.1) is 0 Å². The Labute approximate surface area is 147 Å². The molecule has 0 aliphatic heterocycles. The Hall–Kier alpha value is -2.64. The summed E-state index contributed by atoms with van der Waals surface area (Å²) >= 11 is 12.0. The minimum atomic E-state index is -0.393. The fraction of sp³-hybridized carbons (Fsp3) is 0.0667. The predicted molar refractivity (Wildman–Crippen MR) is 91.0 cm³/mol. The third-order valence-electron chi connectivity index (χ3n) is 2.98. The minimum absolute atomic E-state index is 0.276. The molecule has 0 atom stereocenters. The first-order valence-electron chi connectivity index (χ1n) is 6.80. The summed E-state index contributed by atoms with van der Waals surface area (Å²) < 4.78 is 4.88. The van der Waals surface area contributed by atoms with Crippen molar-refractivity contribution in [2.75, 3.05) is 10.6 Å². The van der Waals surface area contributed by atoms with Gasteiger partial charge in [0.05, 0.1) is 21.3 Å². The average Bonchev–Trinajstić information content (AvgIpc) is 2.97. The van der Waals surface area contributed by atoms with Crippen LogP contribution in [0, 0.1) is 6.92 Å². The van der Waals surface area contributed by atoms with Crippen molar-refractivity contribution < 1.29 is 9.32 Å². The zero-order valence-electron chi connectivity index (χ0n) is 12.4. The molecule has 3 aromatic rings. The van der Waals surface area contributed by atoms with Gasteiger partial charge in [0.2, 0.25) is 5.95 Å². The number of hydrogen-bond donors (Lipinski definition) is 2.